The molecule has 0 aliphatic rings. The molecule has 34 heavy (non-hydrogen) atoms. The van der Waals surface area contributed by atoms with Crippen LogP contribution in [-0.2, 0) is 24.9 Å². The molecule has 182 valence electrons. The lowest BCUT2D eigenvalue weighted by Crippen LogP contribution is -2.17. The van der Waals surface area contributed by atoms with E-state index in [1.807, 2.05) is 0 Å². The number of hydrogen-bond donors (Lipinski definition) is 0. The van der Waals surface area contributed by atoms with Crippen molar-refractivity contribution in [3.05, 3.63) is 74.2 Å². The van der Waals surface area contributed by atoms with Gasteiger partial charge in [0, 0.05) is 21.8 Å². The van der Waals surface area contributed by atoms with Crippen LogP contribution >= 0.6 is 42.4 Å². The summed E-state index contributed by atoms with van der Waals surface area (Å²) in [6.07, 6.45) is 1.60. The van der Waals surface area contributed by atoms with Gasteiger partial charge in [-0.25, -0.2) is 14.5 Å². The second-order valence-electron chi connectivity index (χ2n) is 6.97. The molecular weight excluding hydrogens is 526 g/mol. The zero-order valence-electron chi connectivity index (χ0n) is 18.6. The van der Waals surface area contributed by atoms with Gasteiger partial charge in [-0.3, -0.25) is 4.57 Å². The zero-order valence-corrected chi connectivity index (χ0v) is 21.7. The van der Waals surface area contributed by atoms with Gasteiger partial charge in [-0.2, -0.15) is 0 Å². The van der Waals surface area contributed by atoms with E-state index in [-0.39, 0.29) is 29.5 Å². The molecule has 0 spiro atoms. The number of carbonyl (C=O) groups excluding carboxylic acids is 1. The molecule has 0 aliphatic carbocycles. The fraction of sp³-hybridized carbons (Fsp3) is 0.333. The highest BCUT2D eigenvalue weighted by molar-refractivity contribution is 7.54. The van der Waals surface area contributed by atoms with Crippen LogP contribution < -0.4 is 0 Å². The summed E-state index contributed by atoms with van der Waals surface area (Å²) in [5, 5.41) is 8.84. The Hall–Kier alpha value is -2.00. The molecule has 0 amide bonds. The van der Waals surface area contributed by atoms with E-state index in [1.165, 1.54) is 22.9 Å². The fourth-order valence-corrected chi connectivity index (χ4v) is 5.61. The molecule has 0 N–H and O–H groups in total. The van der Waals surface area contributed by atoms with Crippen LogP contribution in [0, 0.1) is 6.92 Å². The summed E-state index contributed by atoms with van der Waals surface area (Å²) in [5.74, 6) is -2.32. The van der Waals surface area contributed by atoms with Crippen LogP contribution in [0.4, 0.5) is 0 Å². The van der Waals surface area contributed by atoms with Crippen molar-refractivity contribution in [2.45, 2.75) is 33.2 Å². The molecule has 1 unspecified atom stereocenters. The molecule has 0 radical (unpaired) electrons. The van der Waals surface area contributed by atoms with Crippen LogP contribution in [0.3, 0.4) is 0 Å². The Morgan fingerprint density at radius 3 is 2.41 bits per heavy atom. The van der Waals surface area contributed by atoms with Crippen molar-refractivity contribution in [2.75, 3.05) is 13.2 Å². The first-order valence-corrected chi connectivity index (χ1v) is 13.0. The van der Waals surface area contributed by atoms with Gasteiger partial charge in [0.1, 0.15) is 5.15 Å². The molecule has 0 bridgehead atoms. The maximum atomic E-state index is 13.6. The predicted octanol–water partition coefficient (Wildman–Crippen LogP) is 6.11. The minimum absolute atomic E-state index is 0.0564. The van der Waals surface area contributed by atoms with E-state index in [1.54, 1.807) is 39.1 Å². The minimum atomic E-state index is -3.98. The molecular formula is C21H22Cl3N4O5P. The second kappa shape index (κ2) is 11.6. The normalized spacial score (nSPS) is 12.5. The van der Waals surface area contributed by atoms with Crippen LogP contribution in [0.15, 0.2) is 36.5 Å². The lowest BCUT2D eigenvalue weighted by molar-refractivity contribution is 0.0357. The first-order chi connectivity index (χ1) is 16.2. The van der Waals surface area contributed by atoms with Crippen molar-refractivity contribution < 1.29 is 23.1 Å². The Morgan fingerprint density at radius 2 is 1.82 bits per heavy atom. The molecule has 2 aromatic heterocycles. The summed E-state index contributed by atoms with van der Waals surface area (Å²) in [5.41, 5.74) is 1.40. The SMILES string of the molecule is CCOP(=O)(OCC)C(OC(=O)c1nnn(Cc2ccc(Cl)nc2)c1C)c1ccc(Cl)cc1Cl. The molecule has 1 aromatic carbocycles. The van der Waals surface area contributed by atoms with Crippen molar-refractivity contribution >= 4 is 48.4 Å². The third kappa shape index (κ3) is 6.16. The van der Waals surface area contributed by atoms with E-state index in [0.717, 1.165) is 5.56 Å². The summed E-state index contributed by atoms with van der Waals surface area (Å²) in [6.45, 7) is 5.38. The van der Waals surface area contributed by atoms with E-state index in [2.05, 4.69) is 15.3 Å². The third-order valence-electron chi connectivity index (χ3n) is 4.65. The maximum absolute atomic E-state index is 13.6. The van der Waals surface area contributed by atoms with Crippen molar-refractivity contribution in [2.24, 2.45) is 0 Å². The lowest BCUT2D eigenvalue weighted by Gasteiger charge is -2.26. The number of carbonyl (C=O) groups is 1. The number of rotatable bonds is 10. The summed E-state index contributed by atoms with van der Waals surface area (Å²) in [6, 6.07) is 7.92. The third-order valence-corrected chi connectivity index (χ3v) is 7.63. The van der Waals surface area contributed by atoms with E-state index < -0.39 is 19.4 Å². The summed E-state index contributed by atoms with van der Waals surface area (Å²) >= 11 is 18.2. The van der Waals surface area contributed by atoms with Crippen LogP contribution in [0.1, 0.15) is 47.0 Å². The highest BCUT2D eigenvalue weighted by Crippen LogP contribution is 2.62. The highest BCUT2D eigenvalue weighted by atomic mass is 35.5. The predicted molar refractivity (Wildman–Crippen MR) is 129 cm³/mol. The average Bonchev–Trinajstić information content (AvgIpc) is 3.14. The van der Waals surface area contributed by atoms with Gasteiger partial charge in [-0.1, -0.05) is 52.1 Å². The number of ether oxygens (including phenoxy) is 1. The summed E-state index contributed by atoms with van der Waals surface area (Å²) < 4.78 is 31.6. The van der Waals surface area contributed by atoms with Crippen LogP contribution in [0.2, 0.25) is 15.2 Å². The molecule has 3 rings (SSSR count). The summed E-state index contributed by atoms with van der Waals surface area (Å²) in [4.78, 5) is 17.2. The molecule has 0 aliphatic heterocycles. The monoisotopic (exact) mass is 546 g/mol. The topological polar surface area (TPSA) is 105 Å². The van der Waals surface area contributed by atoms with Crippen LogP contribution in [-0.4, -0.2) is 39.2 Å². The molecule has 0 saturated carbocycles. The van der Waals surface area contributed by atoms with Crippen molar-refractivity contribution in [1.82, 2.24) is 20.0 Å². The maximum Gasteiger partial charge on any atom is 0.375 e. The van der Waals surface area contributed by atoms with Crippen molar-refractivity contribution in [1.29, 1.82) is 0 Å². The standard InChI is InChI=1S/C21H22Cl3N4O5P/c1-4-31-34(30,32-5-2)21(16-8-7-15(22)10-17(16)23)33-20(29)19-13(3)28(27-26-19)12-14-6-9-18(24)25-11-14/h6-11,21H,4-5,12H2,1-3H3. The van der Waals surface area contributed by atoms with Gasteiger partial charge in [0.25, 0.3) is 0 Å². The average molecular weight is 548 g/mol. The van der Waals surface area contributed by atoms with E-state index in [4.69, 9.17) is 48.6 Å². The van der Waals surface area contributed by atoms with Gasteiger partial charge in [0.15, 0.2) is 5.69 Å². The Morgan fingerprint density at radius 1 is 1.12 bits per heavy atom. The van der Waals surface area contributed by atoms with Gasteiger partial charge in [0.2, 0.25) is 5.85 Å². The first-order valence-electron chi connectivity index (χ1n) is 10.2. The molecule has 13 heteroatoms. The minimum Gasteiger partial charge on any atom is -0.439 e. The highest BCUT2D eigenvalue weighted by Gasteiger charge is 2.42. The Kier molecular flexibility index (Phi) is 9.09. The molecule has 0 fully saturated rings. The molecule has 2 heterocycles. The second-order valence-corrected chi connectivity index (χ2v) is 10.3. The first kappa shape index (κ1) is 26.6. The van der Waals surface area contributed by atoms with Gasteiger partial charge < -0.3 is 13.8 Å². The molecule has 3 aromatic rings. The van der Waals surface area contributed by atoms with Crippen molar-refractivity contribution in [3.63, 3.8) is 0 Å². The molecule has 0 saturated heterocycles. The van der Waals surface area contributed by atoms with Crippen LogP contribution in [0.5, 0.6) is 0 Å². The fourth-order valence-electron chi connectivity index (χ4n) is 3.06. The van der Waals surface area contributed by atoms with Gasteiger partial charge >= 0.3 is 13.6 Å². The van der Waals surface area contributed by atoms with E-state index in [9.17, 15) is 9.36 Å². The Bertz CT molecular complexity index is 1200. The number of halogens is 3. The molecule has 9 nitrogen and oxygen atoms in total. The Balaban J connectivity index is 1.93. The number of esters is 1. The Labute approximate surface area is 211 Å². The van der Waals surface area contributed by atoms with E-state index in [0.29, 0.717) is 22.4 Å². The number of nitrogens with zero attached hydrogens (tertiary/aromatic N) is 4. The van der Waals surface area contributed by atoms with Gasteiger partial charge in [0.05, 0.1) is 25.5 Å². The zero-order chi connectivity index (χ0) is 24.9. The van der Waals surface area contributed by atoms with Crippen LogP contribution in [0.25, 0.3) is 0 Å². The number of aromatic nitrogens is 4. The number of pyridine rings is 1. The molecule has 1 atom stereocenters. The van der Waals surface area contributed by atoms with Crippen molar-refractivity contribution in [3.8, 4) is 0 Å². The van der Waals surface area contributed by atoms with Gasteiger partial charge in [-0.05, 0) is 44.5 Å². The quantitative estimate of drug-likeness (QED) is 0.170. The lowest BCUT2D eigenvalue weighted by atomic mass is 10.2. The number of hydrogen-bond acceptors (Lipinski definition) is 8. The van der Waals surface area contributed by atoms with Gasteiger partial charge in [-0.15, -0.1) is 5.10 Å². The smallest absolute Gasteiger partial charge is 0.375 e. The largest absolute Gasteiger partial charge is 0.439 e. The summed E-state index contributed by atoms with van der Waals surface area (Å²) in [7, 11) is -3.98. The van der Waals surface area contributed by atoms with E-state index >= 15 is 0 Å². The number of benzene rings is 1.